The summed E-state index contributed by atoms with van der Waals surface area (Å²) in [4.78, 5) is 17.3. The number of amides is 2. The van der Waals surface area contributed by atoms with Gasteiger partial charge in [-0.25, -0.2) is 9.78 Å². The Morgan fingerprint density at radius 3 is 3.10 bits per heavy atom. The zero-order valence-electron chi connectivity index (χ0n) is 12.1. The van der Waals surface area contributed by atoms with Crippen LogP contribution in [0.25, 0.3) is 0 Å². The number of rotatable bonds is 3. The van der Waals surface area contributed by atoms with E-state index in [0.717, 1.165) is 23.6 Å². The molecule has 5 nitrogen and oxygen atoms in total. The molecule has 3 unspecified atom stereocenters. The number of hydrogen-bond donors (Lipinski definition) is 2. The van der Waals surface area contributed by atoms with Crippen molar-refractivity contribution in [1.29, 1.82) is 0 Å². The van der Waals surface area contributed by atoms with E-state index in [9.17, 15) is 4.79 Å². The van der Waals surface area contributed by atoms with Crippen LogP contribution >= 0.6 is 11.3 Å². The lowest BCUT2D eigenvalue weighted by Crippen LogP contribution is -2.67. The highest BCUT2D eigenvalue weighted by atomic mass is 32.1. The van der Waals surface area contributed by atoms with Gasteiger partial charge in [0.25, 0.3) is 0 Å². The van der Waals surface area contributed by atoms with E-state index in [0.29, 0.717) is 18.6 Å². The van der Waals surface area contributed by atoms with Gasteiger partial charge in [-0.1, -0.05) is 13.8 Å². The standard InChI is InChI=1S/C14H21N3O2S/c1-8-10(20-7-16-8)6-15-13(18)17-11-9-4-5-19-12(9)14(11,2)3/h7,9,11-12H,4-6H2,1-3H3,(H2,15,17,18). The van der Waals surface area contributed by atoms with Crippen LogP contribution in [-0.2, 0) is 11.3 Å². The summed E-state index contributed by atoms with van der Waals surface area (Å²) in [6.45, 7) is 7.65. The van der Waals surface area contributed by atoms with Crippen molar-refractivity contribution in [1.82, 2.24) is 15.6 Å². The van der Waals surface area contributed by atoms with Gasteiger partial charge in [0.2, 0.25) is 0 Å². The third kappa shape index (κ3) is 2.20. The maximum atomic E-state index is 12.1. The van der Waals surface area contributed by atoms with Gasteiger partial charge in [0.15, 0.2) is 0 Å². The van der Waals surface area contributed by atoms with Gasteiger partial charge in [-0.2, -0.15) is 0 Å². The van der Waals surface area contributed by atoms with E-state index in [-0.39, 0.29) is 17.5 Å². The van der Waals surface area contributed by atoms with Gasteiger partial charge in [0.1, 0.15) is 0 Å². The molecule has 2 amide bonds. The summed E-state index contributed by atoms with van der Waals surface area (Å²) in [6.07, 6.45) is 1.35. The lowest BCUT2D eigenvalue weighted by Gasteiger charge is -2.54. The molecule has 0 aromatic carbocycles. The molecule has 0 spiro atoms. The summed E-state index contributed by atoms with van der Waals surface area (Å²) in [5, 5.41) is 6.04. The van der Waals surface area contributed by atoms with Crippen LogP contribution in [0.5, 0.6) is 0 Å². The van der Waals surface area contributed by atoms with Crippen LogP contribution in [0.2, 0.25) is 0 Å². The Morgan fingerprint density at radius 1 is 1.60 bits per heavy atom. The zero-order valence-corrected chi connectivity index (χ0v) is 12.9. The summed E-state index contributed by atoms with van der Waals surface area (Å²) < 4.78 is 5.74. The smallest absolute Gasteiger partial charge is 0.315 e. The molecule has 1 aliphatic heterocycles. The van der Waals surface area contributed by atoms with Crippen LogP contribution in [0.3, 0.4) is 0 Å². The minimum atomic E-state index is -0.0961. The number of thiazole rings is 1. The molecule has 1 saturated heterocycles. The fraction of sp³-hybridized carbons (Fsp3) is 0.714. The van der Waals surface area contributed by atoms with E-state index >= 15 is 0 Å². The monoisotopic (exact) mass is 295 g/mol. The molecule has 2 aliphatic rings. The Hall–Kier alpha value is -1.14. The van der Waals surface area contributed by atoms with E-state index in [1.807, 2.05) is 6.92 Å². The molecule has 2 fully saturated rings. The van der Waals surface area contributed by atoms with E-state index in [1.165, 1.54) is 0 Å². The SMILES string of the molecule is Cc1ncsc1CNC(=O)NC1C2CCOC2C1(C)C. The van der Waals surface area contributed by atoms with Gasteiger partial charge in [-0.3, -0.25) is 0 Å². The molecule has 3 atom stereocenters. The Labute approximate surface area is 123 Å². The number of aromatic nitrogens is 1. The minimum absolute atomic E-state index is 0.0267. The highest BCUT2D eigenvalue weighted by Crippen LogP contribution is 2.52. The predicted molar refractivity (Wildman–Crippen MR) is 77.6 cm³/mol. The second-order valence-corrected chi connectivity index (χ2v) is 7.17. The quantitative estimate of drug-likeness (QED) is 0.897. The fourth-order valence-corrected chi connectivity index (χ4v) is 4.18. The number of carbonyl (C=O) groups excluding carboxylic acids is 1. The van der Waals surface area contributed by atoms with Crippen LogP contribution in [0, 0.1) is 18.3 Å². The van der Waals surface area contributed by atoms with Crippen LogP contribution < -0.4 is 10.6 Å². The van der Waals surface area contributed by atoms with Gasteiger partial charge < -0.3 is 15.4 Å². The van der Waals surface area contributed by atoms with E-state index in [2.05, 4.69) is 29.5 Å². The predicted octanol–water partition coefficient (Wildman–Crippen LogP) is 2.06. The van der Waals surface area contributed by atoms with Gasteiger partial charge in [0, 0.05) is 28.9 Å². The van der Waals surface area contributed by atoms with Crippen LogP contribution in [0.15, 0.2) is 5.51 Å². The number of hydrogen-bond acceptors (Lipinski definition) is 4. The summed E-state index contributed by atoms with van der Waals surface area (Å²) in [7, 11) is 0. The first-order valence-electron chi connectivity index (χ1n) is 7.05. The van der Waals surface area contributed by atoms with Crippen molar-refractivity contribution in [3.8, 4) is 0 Å². The molecule has 3 rings (SSSR count). The average Bonchev–Trinajstić information content (AvgIpc) is 3.01. The second-order valence-electron chi connectivity index (χ2n) is 6.23. The number of aryl methyl sites for hydroxylation is 1. The number of carbonyl (C=O) groups is 1. The van der Waals surface area contributed by atoms with Gasteiger partial charge in [-0.05, 0) is 13.3 Å². The molecule has 1 aromatic rings. The third-order valence-corrected chi connectivity index (χ3v) is 5.58. The maximum absolute atomic E-state index is 12.1. The largest absolute Gasteiger partial charge is 0.377 e. The van der Waals surface area contributed by atoms with Crippen molar-refractivity contribution >= 4 is 17.4 Å². The highest BCUT2D eigenvalue weighted by molar-refractivity contribution is 7.09. The number of nitrogens with zero attached hydrogens (tertiary/aromatic N) is 1. The number of nitrogens with one attached hydrogen (secondary N) is 2. The lowest BCUT2D eigenvalue weighted by atomic mass is 9.57. The van der Waals surface area contributed by atoms with Crippen LogP contribution in [-0.4, -0.2) is 29.8 Å². The lowest BCUT2D eigenvalue weighted by molar-refractivity contribution is -0.108. The summed E-state index contributed by atoms with van der Waals surface area (Å²) in [5.74, 6) is 0.473. The Morgan fingerprint density at radius 2 is 2.40 bits per heavy atom. The van der Waals surface area contributed by atoms with Crippen LogP contribution in [0.4, 0.5) is 4.79 Å². The summed E-state index contributed by atoms with van der Waals surface area (Å²) >= 11 is 1.57. The molecule has 0 bridgehead atoms. The Balaban J connectivity index is 1.53. The number of ether oxygens (including phenoxy) is 1. The van der Waals surface area contributed by atoms with E-state index in [4.69, 9.17) is 4.74 Å². The molecule has 1 aliphatic carbocycles. The normalized spacial score (nSPS) is 30.4. The first kappa shape index (κ1) is 13.8. The van der Waals surface area contributed by atoms with Crippen molar-refractivity contribution in [2.75, 3.05) is 6.61 Å². The number of urea groups is 1. The third-order valence-electron chi connectivity index (χ3n) is 4.64. The fourth-order valence-electron chi connectivity index (χ4n) is 3.47. The second kappa shape index (κ2) is 5.00. The summed E-state index contributed by atoms with van der Waals surface area (Å²) in [5.41, 5.74) is 2.82. The zero-order chi connectivity index (χ0) is 14.3. The molecule has 110 valence electrons. The van der Waals surface area contributed by atoms with Gasteiger partial charge in [0.05, 0.1) is 23.9 Å². The van der Waals surface area contributed by atoms with E-state index in [1.54, 1.807) is 16.8 Å². The molecule has 20 heavy (non-hydrogen) atoms. The molecule has 1 saturated carbocycles. The molecule has 6 heteroatoms. The summed E-state index contributed by atoms with van der Waals surface area (Å²) in [6, 6.07) is 0.110. The molecular weight excluding hydrogens is 274 g/mol. The Bertz CT molecular complexity index is 514. The van der Waals surface area contributed by atoms with Crippen molar-refractivity contribution in [3.63, 3.8) is 0 Å². The van der Waals surface area contributed by atoms with Crippen molar-refractivity contribution < 1.29 is 9.53 Å². The van der Waals surface area contributed by atoms with E-state index < -0.39 is 0 Å². The van der Waals surface area contributed by atoms with Crippen molar-refractivity contribution in [2.24, 2.45) is 11.3 Å². The van der Waals surface area contributed by atoms with Crippen molar-refractivity contribution in [2.45, 2.75) is 45.9 Å². The van der Waals surface area contributed by atoms with Crippen molar-refractivity contribution in [3.05, 3.63) is 16.1 Å². The molecular formula is C14H21N3O2S. The first-order valence-corrected chi connectivity index (χ1v) is 7.93. The Kier molecular flexibility index (Phi) is 3.46. The molecule has 1 aromatic heterocycles. The molecule has 0 radical (unpaired) electrons. The van der Waals surface area contributed by atoms with Crippen LogP contribution in [0.1, 0.15) is 30.8 Å². The minimum Gasteiger partial charge on any atom is -0.377 e. The van der Waals surface area contributed by atoms with Gasteiger partial charge >= 0.3 is 6.03 Å². The topological polar surface area (TPSA) is 63.2 Å². The number of fused-ring (bicyclic) bond motifs is 1. The molecule has 2 N–H and O–H groups in total. The highest BCUT2D eigenvalue weighted by Gasteiger charge is 2.59. The maximum Gasteiger partial charge on any atom is 0.315 e. The average molecular weight is 295 g/mol. The molecule has 2 heterocycles. The van der Waals surface area contributed by atoms with Gasteiger partial charge in [-0.15, -0.1) is 11.3 Å². The first-order chi connectivity index (χ1) is 9.50.